The molecule has 1 amide bonds. The number of aliphatic hydroxyl groups is 1. The Morgan fingerprint density at radius 1 is 1.15 bits per heavy atom. The summed E-state index contributed by atoms with van der Waals surface area (Å²) >= 11 is 0. The van der Waals surface area contributed by atoms with E-state index >= 15 is 0 Å². The second-order valence-electron chi connectivity index (χ2n) is 12.4. The van der Waals surface area contributed by atoms with Crippen molar-refractivity contribution in [1.82, 2.24) is 20.4 Å². The van der Waals surface area contributed by atoms with Crippen molar-refractivity contribution >= 4 is 5.91 Å². The lowest BCUT2D eigenvalue weighted by Gasteiger charge is -2.42. The van der Waals surface area contributed by atoms with Crippen LogP contribution >= 0.6 is 0 Å². The summed E-state index contributed by atoms with van der Waals surface area (Å²) in [6, 6.07) is 2.51. The Hall–Kier alpha value is -1.98. The molecule has 0 aromatic heterocycles. The number of nitrogens with two attached hydrogens (primary N) is 1. The summed E-state index contributed by atoms with van der Waals surface area (Å²) in [5.41, 5.74) is 5.55. The first-order valence-electron chi connectivity index (χ1n) is 15.0. The van der Waals surface area contributed by atoms with Crippen molar-refractivity contribution in [3.8, 4) is 17.9 Å². The first-order valence-corrected chi connectivity index (χ1v) is 15.0. The lowest BCUT2D eigenvalue weighted by atomic mass is 9.68. The van der Waals surface area contributed by atoms with Gasteiger partial charge >= 0.3 is 0 Å². The summed E-state index contributed by atoms with van der Waals surface area (Å²) in [5.74, 6) is 7.13. The van der Waals surface area contributed by atoms with Crippen LogP contribution in [-0.4, -0.2) is 83.8 Å². The molecule has 0 spiro atoms. The predicted octanol–water partition coefficient (Wildman–Crippen LogP) is 1.49. The standard InChI is InChI=1S/C30H46N6O3/c1-3-25(37)36-15-13-30(38,14-16-36)12-11-23-26(27-28(32)33-19-34-29(27)35(23)2)20-9-10-24(21(17-20)18-31)39-22-7-5-4-6-8-22/h3,20-24,26-29,33-34,38H,1,4-10,13-17,19,32H2,2H3. The van der Waals surface area contributed by atoms with Gasteiger partial charge in [0, 0.05) is 38.5 Å². The summed E-state index contributed by atoms with van der Waals surface area (Å²) < 4.78 is 6.52. The number of fused-ring (bicyclic) bond motifs is 1. The number of rotatable bonds is 4. The van der Waals surface area contributed by atoms with Gasteiger partial charge in [-0.2, -0.15) is 5.26 Å². The molecule has 2 saturated carbocycles. The zero-order valence-corrected chi connectivity index (χ0v) is 23.4. The second kappa shape index (κ2) is 12.3. The number of likely N-dealkylation sites (tertiary alicyclic amines) is 2. The number of carbonyl (C=O) groups excluding carboxylic acids is 1. The van der Waals surface area contributed by atoms with Crippen LogP contribution in [0, 0.1) is 46.8 Å². The third kappa shape index (κ3) is 6.05. The van der Waals surface area contributed by atoms with Crippen LogP contribution in [0.5, 0.6) is 0 Å². The minimum Gasteiger partial charge on any atom is -0.377 e. The normalized spacial score (nSPS) is 39.2. The van der Waals surface area contributed by atoms with E-state index in [0.717, 1.165) is 32.1 Å². The van der Waals surface area contributed by atoms with Crippen molar-refractivity contribution in [1.29, 1.82) is 5.26 Å². The van der Waals surface area contributed by atoms with Crippen LogP contribution in [0.15, 0.2) is 12.7 Å². The quantitative estimate of drug-likeness (QED) is 0.313. The van der Waals surface area contributed by atoms with Gasteiger partial charge in [-0.25, -0.2) is 0 Å². The maximum atomic E-state index is 12.0. The van der Waals surface area contributed by atoms with Crippen molar-refractivity contribution in [2.45, 2.75) is 100 Å². The summed E-state index contributed by atoms with van der Waals surface area (Å²) in [6.07, 6.45) is 11.0. The number of carbonyl (C=O) groups is 1. The van der Waals surface area contributed by atoms with Gasteiger partial charge in [0.25, 0.3) is 0 Å². The van der Waals surface area contributed by atoms with Crippen LogP contribution in [0.4, 0.5) is 0 Å². The van der Waals surface area contributed by atoms with Crippen LogP contribution in [0.25, 0.3) is 0 Å². The molecular formula is C30H46N6O3. The molecule has 5 aliphatic rings. The molecule has 0 radical (unpaired) electrons. The number of piperidine rings is 1. The predicted molar refractivity (Wildman–Crippen MR) is 148 cm³/mol. The van der Waals surface area contributed by atoms with Gasteiger partial charge in [-0.1, -0.05) is 37.7 Å². The van der Waals surface area contributed by atoms with Gasteiger partial charge in [-0.15, -0.1) is 0 Å². The summed E-state index contributed by atoms with van der Waals surface area (Å²) in [5, 5.41) is 28.4. The lowest BCUT2D eigenvalue weighted by molar-refractivity contribution is -0.128. The minimum absolute atomic E-state index is 0.00858. The smallest absolute Gasteiger partial charge is 0.245 e. The molecule has 214 valence electrons. The second-order valence-corrected chi connectivity index (χ2v) is 12.4. The first-order chi connectivity index (χ1) is 18.8. The van der Waals surface area contributed by atoms with Crippen LogP contribution in [0.1, 0.15) is 64.2 Å². The molecule has 9 heteroatoms. The van der Waals surface area contributed by atoms with Gasteiger partial charge in [0.2, 0.25) is 5.91 Å². The Labute approximate surface area is 233 Å². The fourth-order valence-corrected chi connectivity index (χ4v) is 7.87. The maximum absolute atomic E-state index is 12.0. The number of hydrogen-bond acceptors (Lipinski definition) is 8. The van der Waals surface area contributed by atoms with E-state index in [4.69, 9.17) is 10.5 Å². The molecule has 9 nitrogen and oxygen atoms in total. The summed E-state index contributed by atoms with van der Waals surface area (Å²) in [6.45, 7) is 5.15. The van der Waals surface area contributed by atoms with E-state index in [1.165, 1.54) is 25.3 Å². The average Bonchev–Trinajstić information content (AvgIpc) is 3.25. The number of nitriles is 1. The monoisotopic (exact) mass is 538 g/mol. The largest absolute Gasteiger partial charge is 0.377 e. The molecule has 8 unspecified atom stereocenters. The van der Waals surface area contributed by atoms with Crippen molar-refractivity contribution in [3.05, 3.63) is 12.7 Å². The van der Waals surface area contributed by atoms with Crippen LogP contribution in [0.3, 0.4) is 0 Å². The summed E-state index contributed by atoms with van der Waals surface area (Å²) in [4.78, 5) is 16.0. The Balaban J connectivity index is 1.33. The lowest BCUT2D eigenvalue weighted by Crippen LogP contribution is -2.63. The highest BCUT2D eigenvalue weighted by Crippen LogP contribution is 2.47. The highest BCUT2D eigenvalue weighted by molar-refractivity contribution is 5.87. The van der Waals surface area contributed by atoms with Gasteiger partial charge in [-0.3, -0.25) is 20.3 Å². The van der Waals surface area contributed by atoms with E-state index in [9.17, 15) is 15.2 Å². The number of nitrogens with zero attached hydrogens (tertiary/aromatic N) is 3. The van der Waals surface area contributed by atoms with Crippen molar-refractivity contribution < 1.29 is 14.6 Å². The zero-order valence-electron chi connectivity index (χ0n) is 23.4. The minimum atomic E-state index is -1.12. The highest BCUT2D eigenvalue weighted by atomic mass is 16.5. The molecule has 0 bridgehead atoms. The highest BCUT2D eigenvalue weighted by Gasteiger charge is 2.54. The molecule has 39 heavy (non-hydrogen) atoms. The molecule has 5 N–H and O–H groups in total. The van der Waals surface area contributed by atoms with Gasteiger partial charge in [0.1, 0.15) is 5.60 Å². The Morgan fingerprint density at radius 2 is 1.90 bits per heavy atom. The fraction of sp³-hybridized carbons (Fsp3) is 0.800. The van der Waals surface area contributed by atoms with Crippen molar-refractivity contribution in [2.75, 3.05) is 26.8 Å². The van der Waals surface area contributed by atoms with E-state index in [-0.39, 0.29) is 48.1 Å². The zero-order chi connectivity index (χ0) is 27.6. The molecule has 2 aliphatic carbocycles. The molecule has 5 fully saturated rings. The topological polar surface area (TPSA) is 127 Å². The number of ether oxygens (including phenoxy) is 1. The number of nitrogens with one attached hydrogen (secondary N) is 2. The van der Waals surface area contributed by atoms with Gasteiger partial charge < -0.3 is 20.5 Å². The molecule has 0 aromatic rings. The van der Waals surface area contributed by atoms with E-state index < -0.39 is 5.60 Å². The molecule has 3 aliphatic heterocycles. The fourth-order valence-electron chi connectivity index (χ4n) is 7.87. The number of hydrogen-bond donors (Lipinski definition) is 4. The summed E-state index contributed by atoms with van der Waals surface area (Å²) in [7, 11) is 2.09. The van der Waals surface area contributed by atoms with Crippen molar-refractivity contribution in [2.24, 2.45) is 29.4 Å². The van der Waals surface area contributed by atoms with Crippen LogP contribution < -0.4 is 16.4 Å². The van der Waals surface area contributed by atoms with Gasteiger partial charge in [-0.05, 0) is 57.1 Å². The Morgan fingerprint density at radius 3 is 2.59 bits per heavy atom. The molecule has 3 saturated heterocycles. The van der Waals surface area contributed by atoms with E-state index in [1.54, 1.807) is 4.90 Å². The van der Waals surface area contributed by atoms with Crippen molar-refractivity contribution in [3.63, 3.8) is 0 Å². The van der Waals surface area contributed by atoms with Gasteiger partial charge in [0.15, 0.2) is 0 Å². The van der Waals surface area contributed by atoms with E-state index in [0.29, 0.717) is 44.6 Å². The molecule has 3 heterocycles. The maximum Gasteiger partial charge on any atom is 0.245 e. The van der Waals surface area contributed by atoms with Crippen LogP contribution in [-0.2, 0) is 9.53 Å². The van der Waals surface area contributed by atoms with E-state index in [1.807, 2.05) is 0 Å². The molecule has 8 atom stereocenters. The third-order valence-corrected chi connectivity index (χ3v) is 10.1. The average molecular weight is 539 g/mol. The van der Waals surface area contributed by atoms with Crippen LogP contribution in [0.2, 0.25) is 0 Å². The molecular weight excluding hydrogens is 492 g/mol. The van der Waals surface area contributed by atoms with Gasteiger partial charge in [0.05, 0.1) is 42.6 Å². The SMILES string of the molecule is C=CC(=O)N1CCC(O)(C#CC2C(C3CCC(OC4CCCCC4)C(C#N)C3)C3C(N)NCNC3N2C)CC1. The molecule has 5 rings (SSSR count). The first kappa shape index (κ1) is 28.5. The molecule has 0 aromatic carbocycles. The number of amides is 1. The third-order valence-electron chi connectivity index (χ3n) is 10.1. The van der Waals surface area contributed by atoms with E-state index in [2.05, 4.69) is 47.1 Å². The Kier molecular flexibility index (Phi) is 8.98. The Bertz CT molecular complexity index is 989.